The van der Waals surface area contributed by atoms with Crippen molar-refractivity contribution in [3.8, 4) is 5.75 Å². The summed E-state index contributed by atoms with van der Waals surface area (Å²) in [7, 11) is 3.58. The van der Waals surface area contributed by atoms with Gasteiger partial charge in [0.2, 0.25) is 0 Å². The summed E-state index contributed by atoms with van der Waals surface area (Å²) < 4.78 is 7.17. The van der Waals surface area contributed by atoms with Crippen molar-refractivity contribution in [3.63, 3.8) is 0 Å². The van der Waals surface area contributed by atoms with E-state index in [1.54, 1.807) is 18.0 Å². The van der Waals surface area contributed by atoms with Gasteiger partial charge in [-0.15, -0.1) is 0 Å². The molecule has 0 unspecified atom stereocenters. The summed E-state index contributed by atoms with van der Waals surface area (Å²) in [6.07, 6.45) is 3.62. The number of ether oxygens (including phenoxy) is 1. The molecule has 5 nitrogen and oxygen atoms in total. The average molecular weight is 282 g/mol. The highest BCUT2D eigenvalue weighted by molar-refractivity contribution is 5.91. The van der Waals surface area contributed by atoms with Gasteiger partial charge in [-0.3, -0.25) is 4.68 Å². The molecule has 0 amide bonds. The molecule has 5 heteroatoms. The third-order valence-corrected chi connectivity index (χ3v) is 3.74. The van der Waals surface area contributed by atoms with Gasteiger partial charge in [-0.05, 0) is 31.5 Å². The Balaban J connectivity index is 2.11. The van der Waals surface area contributed by atoms with Crippen LogP contribution in [0.15, 0.2) is 30.6 Å². The Morgan fingerprint density at radius 2 is 2.00 bits per heavy atom. The average Bonchev–Trinajstić information content (AvgIpc) is 2.86. The van der Waals surface area contributed by atoms with Gasteiger partial charge in [0.05, 0.1) is 24.4 Å². The van der Waals surface area contributed by atoms with Gasteiger partial charge < -0.3 is 10.1 Å². The monoisotopic (exact) mass is 282 g/mol. The maximum Gasteiger partial charge on any atom is 0.159 e. The van der Waals surface area contributed by atoms with Gasteiger partial charge in [-0.25, -0.2) is 4.98 Å². The number of pyridine rings is 1. The minimum absolute atomic E-state index is 0.859. The van der Waals surface area contributed by atoms with Crippen LogP contribution < -0.4 is 10.1 Å². The molecule has 0 atom stereocenters. The second-order valence-corrected chi connectivity index (χ2v) is 5.07. The molecule has 21 heavy (non-hydrogen) atoms. The molecule has 0 aliphatic rings. The van der Waals surface area contributed by atoms with E-state index < -0.39 is 0 Å². The highest BCUT2D eigenvalue weighted by atomic mass is 16.5. The van der Waals surface area contributed by atoms with Crippen molar-refractivity contribution in [1.29, 1.82) is 0 Å². The SMILES string of the molecule is COc1ccc(C)c(Nc2ccnc3c2cnn3C)c1C. The second-order valence-electron chi connectivity index (χ2n) is 5.07. The van der Waals surface area contributed by atoms with Crippen LogP contribution in [0.4, 0.5) is 11.4 Å². The van der Waals surface area contributed by atoms with Crippen molar-refractivity contribution < 1.29 is 4.74 Å². The summed E-state index contributed by atoms with van der Waals surface area (Å²) in [6, 6.07) is 6.00. The molecule has 108 valence electrons. The Labute approximate surface area is 123 Å². The molecule has 0 spiro atoms. The van der Waals surface area contributed by atoms with Crippen molar-refractivity contribution in [3.05, 3.63) is 41.7 Å². The highest BCUT2D eigenvalue weighted by Crippen LogP contribution is 2.33. The number of nitrogens with zero attached hydrogens (tertiary/aromatic N) is 3. The molecule has 0 aliphatic carbocycles. The Hall–Kier alpha value is -2.56. The van der Waals surface area contributed by atoms with Crippen molar-refractivity contribution in [2.75, 3.05) is 12.4 Å². The lowest BCUT2D eigenvalue weighted by Gasteiger charge is -2.16. The largest absolute Gasteiger partial charge is 0.496 e. The molecule has 0 saturated heterocycles. The van der Waals surface area contributed by atoms with E-state index in [1.165, 1.54) is 5.56 Å². The third-order valence-electron chi connectivity index (χ3n) is 3.74. The quantitative estimate of drug-likeness (QED) is 0.800. The van der Waals surface area contributed by atoms with Crippen LogP contribution in [-0.2, 0) is 7.05 Å². The van der Waals surface area contributed by atoms with Crippen molar-refractivity contribution >= 4 is 22.4 Å². The third kappa shape index (κ3) is 2.20. The number of aryl methyl sites for hydroxylation is 2. The van der Waals surface area contributed by atoms with Crippen LogP contribution in [0, 0.1) is 13.8 Å². The van der Waals surface area contributed by atoms with Gasteiger partial charge in [0.1, 0.15) is 5.75 Å². The first kappa shape index (κ1) is 13.4. The van der Waals surface area contributed by atoms with Crippen LogP contribution >= 0.6 is 0 Å². The molecule has 1 N–H and O–H groups in total. The van der Waals surface area contributed by atoms with Gasteiger partial charge in [0.25, 0.3) is 0 Å². The van der Waals surface area contributed by atoms with Gasteiger partial charge in [-0.2, -0.15) is 5.10 Å². The Bertz CT molecular complexity index is 807. The second kappa shape index (κ2) is 5.09. The van der Waals surface area contributed by atoms with Crippen LogP contribution in [-0.4, -0.2) is 21.9 Å². The fourth-order valence-corrected chi connectivity index (χ4v) is 2.53. The molecular formula is C16H18N4O. The first-order valence-electron chi connectivity index (χ1n) is 6.79. The van der Waals surface area contributed by atoms with Crippen molar-refractivity contribution in [2.24, 2.45) is 7.05 Å². The van der Waals surface area contributed by atoms with E-state index in [0.717, 1.165) is 33.7 Å². The minimum atomic E-state index is 0.859. The molecule has 2 heterocycles. The van der Waals surface area contributed by atoms with Crippen LogP contribution in [0.2, 0.25) is 0 Å². The zero-order valence-electron chi connectivity index (χ0n) is 12.6. The number of aromatic nitrogens is 3. The zero-order valence-corrected chi connectivity index (χ0v) is 12.6. The van der Waals surface area contributed by atoms with Gasteiger partial charge >= 0.3 is 0 Å². The van der Waals surface area contributed by atoms with E-state index in [9.17, 15) is 0 Å². The summed E-state index contributed by atoms with van der Waals surface area (Å²) in [6.45, 7) is 4.13. The number of methoxy groups -OCH3 is 1. The molecule has 1 aromatic carbocycles. The predicted molar refractivity (Wildman–Crippen MR) is 84.3 cm³/mol. The van der Waals surface area contributed by atoms with Gasteiger partial charge in [-0.1, -0.05) is 6.07 Å². The van der Waals surface area contributed by atoms with E-state index >= 15 is 0 Å². The molecule has 0 fully saturated rings. The van der Waals surface area contributed by atoms with Gasteiger partial charge in [0.15, 0.2) is 5.65 Å². The maximum atomic E-state index is 5.40. The number of anilines is 2. The fourth-order valence-electron chi connectivity index (χ4n) is 2.53. The lowest BCUT2D eigenvalue weighted by Crippen LogP contribution is -1.99. The molecular weight excluding hydrogens is 264 g/mol. The molecule has 3 rings (SSSR count). The Morgan fingerprint density at radius 1 is 1.19 bits per heavy atom. The van der Waals surface area contributed by atoms with Gasteiger partial charge in [0, 0.05) is 24.5 Å². The number of benzene rings is 1. The number of fused-ring (bicyclic) bond motifs is 1. The molecule has 0 aliphatic heterocycles. The molecule has 0 bridgehead atoms. The van der Waals surface area contributed by atoms with E-state index in [1.807, 2.05) is 25.4 Å². The summed E-state index contributed by atoms with van der Waals surface area (Å²) in [5.74, 6) is 0.875. The summed E-state index contributed by atoms with van der Waals surface area (Å²) in [4.78, 5) is 4.36. The van der Waals surface area contributed by atoms with Crippen LogP contribution in [0.5, 0.6) is 5.75 Å². The number of hydrogen-bond donors (Lipinski definition) is 1. The van der Waals surface area contributed by atoms with Crippen molar-refractivity contribution in [1.82, 2.24) is 14.8 Å². The van der Waals surface area contributed by atoms with E-state index in [4.69, 9.17) is 4.74 Å². The zero-order chi connectivity index (χ0) is 15.0. The van der Waals surface area contributed by atoms with E-state index in [2.05, 4.69) is 35.3 Å². The van der Waals surface area contributed by atoms with Crippen LogP contribution in [0.1, 0.15) is 11.1 Å². The van der Waals surface area contributed by atoms with E-state index in [0.29, 0.717) is 0 Å². The fraction of sp³-hybridized carbons (Fsp3) is 0.250. The normalized spacial score (nSPS) is 10.9. The number of nitrogens with one attached hydrogen (secondary N) is 1. The van der Waals surface area contributed by atoms with Crippen LogP contribution in [0.25, 0.3) is 11.0 Å². The smallest absolute Gasteiger partial charge is 0.159 e. The topological polar surface area (TPSA) is 52.0 Å². The maximum absolute atomic E-state index is 5.40. The lowest BCUT2D eigenvalue weighted by molar-refractivity contribution is 0.412. The van der Waals surface area contributed by atoms with Crippen molar-refractivity contribution in [2.45, 2.75) is 13.8 Å². The molecule has 0 radical (unpaired) electrons. The molecule has 0 saturated carbocycles. The van der Waals surface area contributed by atoms with E-state index in [-0.39, 0.29) is 0 Å². The Kier molecular flexibility index (Phi) is 3.25. The molecule has 2 aromatic heterocycles. The summed E-state index contributed by atoms with van der Waals surface area (Å²) >= 11 is 0. The van der Waals surface area contributed by atoms with Crippen LogP contribution in [0.3, 0.4) is 0 Å². The summed E-state index contributed by atoms with van der Waals surface area (Å²) in [5, 5.41) is 8.77. The molecule has 3 aromatic rings. The predicted octanol–water partition coefficient (Wildman–Crippen LogP) is 3.34. The number of rotatable bonds is 3. The summed E-state index contributed by atoms with van der Waals surface area (Å²) in [5.41, 5.74) is 5.17. The lowest BCUT2D eigenvalue weighted by atomic mass is 10.1. The number of hydrogen-bond acceptors (Lipinski definition) is 4. The first-order valence-corrected chi connectivity index (χ1v) is 6.79. The minimum Gasteiger partial charge on any atom is -0.496 e. The Morgan fingerprint density at radius 3 is 2.76 bits per heavy atom. The first-order chi connectivity index (χ1) is 10.1. The highest BCUT2D eigenvalue weighted by Gasteiger charge is 2.11. The standard InChI is InChI=1S/C16H18N4O/c1-10-5-6-14(21-4)11(2)15(10)19-13-7-8-17-16-12(13)9-18-20(16)3/h5-9H,1-4H3,(H,17,19).